The molecule has 0 radical (unpaired) electrons. The van der Waals surface area contributed by atoms with Gasteiger partial charge in [-0.15, -0.1) is 0 Å². The first-order chi connectivity index (χ1) is 18.8. The molecular formula is C27H31FN4O8. The summed E-state index contributed by atoms with van der Waals surface area (Å²) in [5, 5.41) is 28.1. The van der Waals surface area contributed by atoms with Gasteiger partial charge in [0.1, 0.15) is 11.6 Å². The van der Waals surface area contributed by atoms with E-state index in [1.807, 2.05) is 0 Å². The van der Waals surface area contributed by atoms with E-state index in [-0.39, 0.29) is 24.1 Å². The first kappa shape index (κ1) is 28.0. The third-order valence-corrected chi connectivity index (χ3v) is 8.89. The van der Waals surface area contributed by atoms with Gasteiger partial charge in [0.2, 0.25) is 11.8 Å². The molecular weight excluding hydrogens is 527 g/mol. The minimum absolute atomic E-state index is 0.166. The number of fused-ring (bicyclic) bond motifs is 3. The number of halogens is 1. The molecule has 0 aromatic heterocycles. The van der Waals surface area contributed by atoms with Crippen LogP contribution in [0.3, 0.4) is 0 Å². The molecule has 214 valence electrons. The number of Topliss-reactive ketones (excluding diaryl/α,β-unsaturated/α-hetero) is 4. The van der Waals surface area contributed by atoms with Crippen molar-refractivity contribution < 1.29 is 43.4 Å². The summed E-state index contributed by atoms with van der Waals surface area (Å²) in [5.41, 5.74) is 1.40. The van der Waals surface area contributed by atoms with Crippen LogP contribution in [0.4, 0.5) is 10.1 Å². The van der Waals surface area contributed by atoms with Gasteiger partial charge in [0.25, 0.3) is 0 Å². The first-order valence-electron chi connectivity index (χ1n) is 13.2. The van der Waals surface area contributed by atoms with Gasteiger partial charge in [-0.2, -0.15) is 0 Å². The summed E-state index contributed by atoms with van der Waals surface area (Å²) < 4.78 is 15.4. The fourth-order valence-electron chi connectivity index (χ4n) is 7.02. The van der Waals surface area contributed by atoms with Crippen LogP contribution in [0.5, 0.6) is 5.75 Å². The largest absolute Gasteiger partial charge is 0.505 e. The Morgan fingerprint density at radius 2 is 1.88 bits per heavy atom. The number of likely N-dealkylation sites (N-methyl/N-ethyl adjacent to an activating group) is 1. The lowest BCUT2D eigenvalue weighted by Crippen LogP contribution is -2.74. The Hall–Kier alpha value is -3.55. The molecule has 7 atom stereocenters. The van der Waals surface area contributed by atoms with Gasteiger partial charge in [-0.05, 0) is 52.2 Å². The average Bonchev–Trinajstić information content (AvgIpc) is 2.89. The van der Waals surface area contributed by atoms with E-state index in [1.54, 1.807) is 0 Å². The number of ketones is 4. The van der Waals surface area contributed by atoms with Gasteiger partial charge in [0.05, 0.1) is 29.3 Å². The SMILES string of the molecule is CN(C)[C@@H]1C(=O)C(C(N)=O)C(=O)[C@@]2(O)C(=O)C3C(=O)c4c(O)c(NC(=O)[C@H]5CCCCN5)cc(F)c4C[C@H]3C[C@@H]12. The number of rotatable bonds is 4. The summed E-state index contributed by atoms with van der Waals surface area (Å²) in [4.78, 5) is 80.1. The van der Waals surface area contributed by atoms with E-state index in [4.69, 9.17) is 5.73 Å². The van der Waals surface area contributed by atoms with E-state index in [0.717, 1.165) is 18.9 Å². The van der Waals surface area contributed by atoms with Crippen molar-refractivity contribution in [2.45, 2.75) is 49.8 Å². The standard InChI is InChI=1S/C27H31FN4O8/c1-32(2)19-12-8-10-7-11-13(28)9-15(31-26(39)14-5-3-4-6-30-14)20(33)17(11)21(34)16(10)23(36)27(12,40)24(37)18(22(19)35)25(29)38/h9-10,12,14,16,18-19,30,33,40H,3-8H2,1-2H3,(H2,29,38)(H,31,39)/t10-,12-,14+,16?,18?,19-,27-/m0/s1. The van der Waals surface area contributed by atoms with Gasteiger partial charge in [0.15, 0.2) is 34.7 Å². The lowest BCUT2D eigenvalue weighted by Gasteiger charge is -2.52. The van der Waals surface area contributed by atoms with Gasteiger partial charge in [0, 0.05) is 17.5 Å². The van der Waals surface area contributed by atoms with Crippen LogP contribution in [-0.2, 0) is 30.4 Å². The second-order valence-corrected chi connectivity index (χ2v) is 11.4. The molecule has 2 unspecified atom stereocenters. The molecule has 1 aromatic rings. The van der Waals surface area contributed by atoms with Crippen molar-refractivity contribution in [3.63, 3.8) is 0 Å². The van der Waals surface area contributed by atoms with E-state index in [9.17, 15) is 39.0 Å². The molecule has 2 amide bonds. The van der Waals surface area contributed by atoms with Crippen molar-refractivity contribution in [1.29, 1.82) is 0 Å². The molecule has 1 heterocycles. The molecule has 0 bridgehead atoms. The number of aromatic hydroxyl groups is 1. The monoisotopic (exact) mass is 558 g/mol. The summed E-state index contributed by atoms with van der Waals surface area (Å²) in [7, 11) is 2.95. The van der Waals surface area contributed by atoms with Crippen LogP contribution < -0.4 is 16.4 Å². The fourth-order valence-corrected chi connectivity index (χ4v) is 7.02. The Kier molecular flexibility index (Phi) is 6.87. The van der Waals surface area contributed by atoms with Crippen LogP contribution in [-0.4, -0.2) is 88.4 Å². The molecule has 0 spiro atoms. The molecule has 1 aliphatic heterocycles. The van der Waals surface area contributed by atoms with Crippen LogP contribution in [0.1, 0.15) is 41.6 Å². The Labute approximate surface area is 228 Å². The van der Waals surface area contributed by atoms with E-state index in [1.165, 1.54) is 19.0 Å². The third kappa shape index (κ3) is 3.98. The third-order valence-electron chi connectivity index (χ3n) is 8.89. The van der Waals surface area contributed by atoms with Gasteiger partial charge in [-0.3, -0.25) is 33.7 Å². The maximum Gasteiger partial charge on any atom is 0.241 e. The molecule has 5 rings (SSSR count). The zero-order valence-corrected chi connectivity index (χ0v) is 22.0. The van der Waals surface area contributed by atoms with Crippen LogP contribution in [0.25, 0.3) is 0 Å². The Bertz CT molecular complexity index is 1360. The van der Waals surface area contributed by atoms with E-state index >= 15 is 4.39 Å². The highest BCUT2D eigenvalue weighted by molar-refractivity contribution is 6.32. The summed E-state index contributed by atoms with van der Waals surface area (Å²) in [6.45, 7) is 0.617. The van der Waals surface area contributed by atoms with Crippen molar-refractivity contribution >= 4 is 40.6 Å². The van der Waals surface area contributed by atoms with Crippen molar-refractivity contribution in [3.8, 4) is 5.75 Å². The number of carbonyl (C=O) groups is 6. The minimum atomic E-state index is -2.87. The molecule has 2 saturated carbocycles. The molecule has 4 aliphatic rings. The van der Waals surface area contributed by atoms with Crippen LogP contribution in [0, 0.1) is 29.5 Å². The maximum atomic E-state index is 15.4. The highest BCUT2D eigenvalue weighted by Gasteiger charge is 2.69. The smallest absolute Gasteiger partial charge is 0.241 e. The average molecular weight is 559 g/mol. The number of anilines is 1. The number of carbonyl (C=O) groups excluding carboxylic acids is 6. The first-order valence-corrected chi connectivity index (χ1v) is 13.2. The van der Waals surface area contributed by atoms with Crippen LogP contribution in [0.15, 0.2) is 6.07 Å². The van der Waals surface area contributed by atoms with Crippen molar-refractivity contribution in [2.24, 2.45) is 29.4 Å². The Balaban J connectivity index is 1.55. The van der Waals surface area contributed by atoms with E-state index in [2.05, 4.69) is 10.6 Å². The Morgan fingerprint density at radius 3 is 2.48 bits per heavy atom. The number of amides is 2. The number of phenols is 1. The summed E-state index contributed by atoms with van der Waals surface area (Å²) in [5.74, 6) is -13.9. The quantitative estimate of drug-likeness (QED) is 0.228. The number of nitrogens with zero attached hydrogens (tertiary/aromatic N) is 1. The van der Waals surface area contributed by atoms with E-state index in [0.29, 0.717) is 13.0 Å². The zero-order chi connectivity index (χ0) is 29.3. The van der Waals surface area contributed by atoms with Gasteiger partial charge in [-0.25, -0.2) is 4.39 Å². The number of nitrogens with one attached hydrogen (secondary N) is 2. The summed E-state index contributed by atoms with van der Waals surface area (Å²) >= 11 is 0. The van der Waals surface area contributed by atoms with Gasteiger partial charge in [-0.1, -0.05) is 6.42 Å². The fraction of sp³-hybridized carbons (Fsp3) is 0.556. The number of nitrogens with two attached hydrogens (primary N) is 1. The number of hydrogen-bond acceptors (Lipinski definition) is 10. The maximum absolute atomic E-state index is 15.4. The molecule has 6 N–H and O–H groups in total. The van der Waals surface area contributed by atoms with Crippen molar-refractivity contribution in [2.75, 3.05) is 26.0 Å². The van der Waals surface area contributed by atoms with E-state index < -0.39 is 93.4 Å². The highest BCUT2D eigenvalue weighted by Crippen LogP contribution is 2.51. The summed E-state index contributed by atoms with van der Waals surface area (Å²) in [6, 6.07) is -0.899. The lowest BCUT2D eigenvalue weighted by molar-refractivity contribution is -0.181. The number of phenolic OH excluding ortho intramolecular Hbond substituents is 1. The lowest BCUT2D eigenvalue weighted by atomic mass is 9.52. The normalized spacial score (nSPS) is 33.7. The number of primary amides is 1. The molecule has 13 heteroatoms. The number of piperidine rings is 1. The van der Waals surface area contributed by atoms with Gasteiger partial charge < -0.3 is 26.6 Å². The minimum Gasteiger partial charge on any atom is -0.505 e. The number of hydrogen-bond donors (Lipinski definition) is 5. The molecule has 12 nitrogen and oxygen atoms in total. The van der Waals surface area contributed by atoms with Crippen LogP contribution in [0.2, 0.25) is 0 Å². The zero-order valence-electron chi connectivity index (χ0n) is 22.0. The van der Waals surface area contributed by atoms with Crippen LogP contribution >= 0.6 is 0 Å². The molecule has 40 heavy (non-hydrogen) atoms. The molecule has 3 aliphatic carbocycles. The second-order valence-electron chi connectivity index (χ2n) is 11.4. The van der Waals surface area contributed by atoms with Crippen molar-refractivity contribution in [3.05, 3.63) is 23.0 Å². The predicted octanol–water partition coefficient (Wildman–Crippen LogP) is -0.913. The second kappa shape index (κ2) is 9.82. The molecule has 1 aromatic carbocycles. The molecule has 1 saturated heterocycles. The predicted molar refractivity (Wildman–Crippen MR) is 136 cm³/mol. The van der Waals surface area contributed by atoms with Gasteiger partial charge >= 0.3 is 0 Å². The highest BCUT2D eigenvalue weighted by atomic mass is 19.1. The number of benzene rings is 1. The number of aliphatic hydroxyl groups is 1. The Morgan fingerprint density at radius 1 is 1.18 bits per heavy atom. The molecule has 3 fully saturated rings. The van der Waals surface area contributed by atoms with Crippen molar-refractivity contribution in [1.82, 2.24) is 10.2 Å². The summed E-state index contributed by atoms with van der Waals surface area (Å²) in [6.07, 6.45) is 1.85. The topological polar surface area (TPSA) is 196 Å².